The fourth-order valence-electron chi connectivity index (χ4n) is 3.43. The van der Waals surface area contributed by atoms with Crippen molar-refractivity contribution in [3.63, 3.8) is 0 Å². The summed E-state index contributed by atoms with van der Waals surface area (Å²) in [6, 6.07) is 22.2. The van der Waals surface area contributed by atoms with Gasteiger partial charge in [-0.25, -0.2) is 5.43 Å². The molecule has 2 amide bonds. The van der Waals surface area contributed by atoms with Crippen molar-refractivity contribution in [1.82, 2.24) is 10.3 Å². The second kappa shape index (κ2) is 12.9. The summed E-state index contributed by atoms with van der Waals surface area (Å²) >= 11 is 6.69. The van der Waals surface area contributed by atoms with E-state index in [-0.39, 0.29) is 18.4 Å². The highest BCUT2D eigenvalue weighted by Crippen LogP contribution is 2.32. The number of hydrogen-bond acceptors (Lipinski definition) is 8. The number of benzene rings is 3. The van der Waals surface area contributed by atoms with Crippen molar-refractivity contribution in [2.45, 2.75) is 6.92 Å². The Labute approximate surface area is 230 Å². The second-order valence-corrected chi connectivity index (χ2v) is 9.86. The zero-order valence-electron chi connectivity index (χ0n) is 20.8. The molecule has 194 valence electrons. The molecule has 0 radical (unpaired) electrons. The summed E-state index contributed by atoms with van der Waals surface area (Å²) in [5.74, 6) is 0.730. The van der Waals surface area contributed by atoms with E-state index in [9.17, 15) is 9.59 Å². The molecule has 1 saturated heterocycles. The van der Waals surface area contributed by atoms with Crippen molar-refractivity contribution in [3.8, 4) is 11.5 Å². The molecule has 0 unspecified atom stereocenters. The van der Waals surface area contributed by atoms with E-state index < -0.39 is 0 Å². The fourth-order valence-corrected chi connectivity index (χ4v) is 4.69. The summed E-state index contributed by atoms with van der Waals surface area (Å²) in [6.07, 6.45) is 3.32. The number of ether oxygens (including phenoxy) is 2. The van der Waals surface area contributed by atoms with Gasteiger partial charge in [0.25, 0.3) is 11.8 Å². The van der Waals surface area contributed by atoms with E-state index in [0.29, 0.717) is 21.6 Å². The molecule has 0 bridgehead atoms. The molecule has 0 atom stereocenters. The highest BCUT2D eigenvalue weighted by molar-refractivity contribution is 8.26. The number of hydrogen-bond donors (Lipinski definition) is 2. The van der Waals surface area contributed by atoms with Gasteiger partial charge in [-0.3, -0.25) is 14.5 Å². The number of thiocarbonyl (C=S) groups is 1. The van der Waals surface area contributed by atoms with Crippen LogP contribution in [0, 0.1) is 6.92 Å². The third-order valence-corrected chi connectivity index (χ3v) is 6.89. The van der Waals surface area contributed by atoms with Gasteiger partial charge in [-0.1, -0.05) is 54.3 Å². The van der Waals surface area contributed by atoms with Crippen LogP contribution >= 0.6 is 24.0 Å². The Morgan fingerprint density at radius 3 is 2.42 bits per heavy atom. The first-order valence-corrected chi connectivity index (χ1v) is 12.9. The Hall–Kier alpha value is -4.15. The van der Waals surface area contributed by atoms with Crippen LogP contribution in [0.25, 0.3) is 6.08 Å². The SMILES string of the molecule is COc1ccc(C=NNC(=O)COc2ccc(C=C3SC(=S)N(CNc4ccccc4C)C3=O)cc2)cc1. The maximum Gasteiger partial charge on any atom is 0.277 e. The van der Waals surface area contributed by atoms with Gasteiger partial charge in [0.05, 0.1) is 24.9 Å². The van der Waals surface area contributed by atoms with Gasteiger partial charge in [0, 0.05) is 5.69 Å². The summed E-state index contributed by atoms with van der Waals surface area (Å²) in [6.45, 7) is 2.11. The number of methoxy groups -OCH3 is 1. The van der Waals surface area contributed by atoms with Crippen LogP contribution < -0.4 is 20.2 Å². The van der Waals surface area contributed by atoms with Crippen LogP contribution in [0.5, 0.6) is 11.5 Å². The van der Waals surface area contributed by atoms with Gasteiger partial charge in [-0.2, -0.15) is 5.10 Å². The monoisotopic (exact) mass is 546 g/mol. The molecule has 1 aliphatic rings. The number of amides is 2. The number of thioether (sulfide) groups is 1. The topological polar surface area (TPSA) is 92.3 Å². The van der Waals surface area contributed by atoms with Gasteiger partial charge < -0.3 is 14.8 Å². The number of para-hydroxylation sites is 1. The van der Waals surface area contributed by atoms with Crippen LogP contribution in [0.1, 0.15) is 16.7 Å². The van der Waals surface area contributed by atoms with E-state index in [0.717, 1.165) is 28.1 Å². The summed E-state index contributed by atoms with van der Waals surface area (Å²) < 4.78 is 11.1. The molecule has 0 aliphatic carbocycles. The smallest absolute Gasteiger partial charge is 0.277 e. The maximum absolute atomic E-state index is 12.9. The maximum atomic E-state index is 12.9. The van der Waals surface area contributed by atoms with Gasteiger partial charge in [0.1, 0.15) is 15.8 Å². The van der Waals surface area contributed by atoms with E-state index in [2.05, 4.69) is 15.8 Å². The van der Waals surface area contributed by atoms with E-state index >= 15 is 0 Å². The van der Waals surface area contributed by atoms with Crippen LogP contribution in [0.2, 0.25) is 0 Å². The molecule has 3 aromatic carbocycles. The largest absolute Gasteiger partial charge is 0.497 e. The molecule has 38 heavy (non-hydrogen) atoms. The first-order chi connectivity index (χ1) is 18.4. The van der Waals surface area contributed by atoms with Crippen LogP contribution in [-0.4, -0.2) is 47.6 Å². The van der Waals surface area contributed by atoms with Crippen molar-refractivity contribution in [2.75, 3.05) is 25.7 Å². The number of carbonyl (C=O) groups is 2. The number of aryl methyl sites for hydroxylation is 1. The third-order valence-electron chi connectivity index (χ3n) is 5.51. The van der Waals surface area contributed by atoms with E-state index in [1.54, 1.807) is 42.4 Å². The number of hydrazone groups is 1. The van der Waals surface area contributed by atoms with Gasteiger partial charge in [-0.05, 0) is 72.2 Å². The lowest BCUT2D eigenvalue weighted by atomic mass is 10.2. The van der Waals surface area contributed by atoms with Crippen LogP contribution in [0.3, 0.4) is 0 Å². The minimum Gasteiger partial charge on any atom is -0.497 e. The second-order valence-electron chi connectivity index (χ2n) is 8.18. The molecule has 0 spiro atoms. The van der Waals surface area contributed by atoms with Crippen LogP contribution in [0.15, 0.2) is 82.8 Å². The molecule has 4 rings (SSSR count). The Balaban J connectivity index is 1.26. The Kier molecular flexibility index (Phi) is 9.12. The lowest BCUT2D eigenvalue weighted by Crippen LogP contribution is -2.33. The van der Waals surface area contributed by atoms with Gasteiger partial charge in [-0.15, -0.1) is 0 Å². The summed E-state index contributed by atoms with van der Waals surface area (Å²) in [4.78, 5) is 27.0. The molecule has 0 saturated carbocycles. The Bertz CT molecular complexity index is 1370. The number of nitrogens with one attached hydrogen (secondary N) is 2. The first kappa shape index (κ1) is 26.9. The van der Waals surface area contributed by atoms with Crippen molar-refractivity contribution < 1.29 is 19.1 Å². The Morgan fingerprint density at radius 2 is 1.71 bits per heavy atom. The first-order valence-electron chi connectivity index (χ1n) is 11.7. The predicted octanol–water partition coefficient (Wildman–Crippen LogP) is 4.80. The highest BCUT2D eigenvalue weighted by Gasteiger charge is 2.31. The predicted molar refractivity (Wildman–Crippen MR) is 155 cm³/mol. The van der Waals surface area contributed by atoms with Crippen molar-refractivity contribution >= 4 is 58.1 Å². The molecule has 3 aromatic rings. The summed E-state index contributed by atoms with van der Waals surface area (Å²) in [7, 11) is 1.60. The van der Waals surface area contributed by atoms with Crippen molar-refractivity contribution in [3.05, 3.63) is 94.4 Å². The van der Waals surface area contributed by atoms with Crippen molar-refractivity contribution in [2.24, 2.45) is 5.10 Å². The average Bonchev–Trinajstić information content (AvgIpc) is 3.19. The van der Waals surface area contributed by atoms with Gasteiger partial charge in [0.15, 0.2) is 6.61 Å². The molecule has 2 N–H and O–H groups in total. The average molecular weight is 547 g/mol. The van der Waals surface area contributed by atoms with Gasteiger partial charge >= 0.3 is 0 Å². The minimum absolute atomic E-state index is 0.145. The molecule has 0 aromatic heterocycles. The van der Waals surface area contributed by atoms with Crippen LogP contribution in [-0.2, 0) is 9.59 Å². The zero-order valence-corrected chi connectivity index (χ0v) is 22.5. The lowest BCUT2D eigenvalue weighted by molar-refractivity contribution is -0.123. The third kappa shape index (κ3) is 7.21. The summed E-state index contributed by atoms with van der Waals surface area (Å²) in [5.41, 5.74) is 6.12. The van der Waals surface area contributed by atoms with Gasteiger partial charge in [0.2, 0.25) is 0 Å². The minimum atomic E-state index is -0.387. The molecular formula is C28H26N4O4S2. The number of rotatable bonds is 10. The highest BCUT2D eigenvalue weighted by atomic mass is 32.2. The molecule has 10 heteroatoms. The molecule has 8 nitrogen and oxygen atoms in total. The Morgan fingerprint density at radius 1 is 1.03 bits per heavy atom. The fraction of sp³-hybridized carbons (Fsp3) is 0.143. The molecule has 1 fully saturated rings. The quantitative estimate of drug-likeness (QED) is 0.163. The van der Waals surface area contributed by atoms with E-state index in [1.807, 2.05) is 55.5 Å². The number of nitrogens with zero attached hydrogens (tertiary/aromatic N) is 2. The summed E-state index contributed by atoms with van der Waals surface area (Å²) in [5, 5.41) is 7.20. The normalized spacial score (nSPS) is 14.3. The number of anilines is 1. The standard InChI is InChI=1S/C28H26N4O4S2/c1-19-5-3-4-6-24(19)29-18-32-27(34)25(38-28(32)37)15-20-7-13-23(14-8-20)36-17-26(33)31-30-16-21-9-11-22(35-2)12-10-21/h3-16,29H,17-18H2,1-2H3,(H,31,33). The molecule has 1 heterocycles. The molecule has 1 aliphatic heterocycles. The zero-order chi connectivity index (χ0) is 26.9. The van der Waals surface area contributed by atoms with Crippen molar-refractivity contribution in [1.29, 1.82) is 0 Å². The number of carbonyl (C=O) groups excluding carboxylic acids is 2. The lowest BCUT2D eigenvalue weighted by Gasteiger charge is -2.17. The van der Waals surface area contributed by atoms with Crippen LogP contribution in [0.4, 0.5) is 5.69 Å². The van der Waals surface area contributed by atoms with E-state index in [4.69, 9.17) is 21.7 Å². The molecular weight excluding hydrogens is 520 g/mol. The van der Waals surface area contributed by atoms with E-state index in [1.165, 1.54) is 18.0 Å².